The molecule has 4 nitrogen and oxygen atoms in total. The maximum absolute atomic E-state index is 12.5. The quantitative estimate of drug-likeness (QED) is 0.813. The number of nitrogens with zero attached hydrogens (tertiary/aromatic N) is 1. The zero-order chi connectivity index (χ0) is 13.8. The second-order valence-corrected chi connectivity index (χ2v) is 4.40. The van der Waals surface area contributed by atoms with Crippen molar-refractivity contribution >= 4 is 11.8 Å². The Morgan fingerprint density at radius 1 is 1.22 bits per heavy atom. The van der Waals surface area contributed by atoms with E-state index < -0.39 is 5.41 Å². The maximum atomic E-state index is 12.5. The number of amides is 2. The topological polar surface area (TPSA) is 49.4 Å². The predicted octanol–water partition coefficient (Wildman–Crippen LogP) is 1.17. The van der Waals surface area contributed by atoms with Gasteiger partial charge in [-0.1, -0.05) is 37.3 Å². The van der Waals surface area contributed by atoms with Gasteiger partial charge in [0.25, 0.3) is 0 Å². The van der Waals surface area contributed by atoms with Gasteiger partial charge >= 0.3 is 0 Å². The van der Waals surface area contributed by atoms with Crippen molar-refractivity contribution in [3.05, 3.63) is 35.9 Å². The minimum Gasteiger partial charge on any atom is -0.358 e. The van der Waals surface area contributed by atoms with Crippen LogP contribution in [0.3, 0.4) is 0 Å². The SMILES string of the molecule is CCC(C(=O)NC)(C(=O)N(C)C)c1ccccc1. The fraction of sp³-hybridized carbons (Fsp3) is 0.429. The zero-order valence-electron chi connectivity index (χ0n) is 11.4. The summed E-state index contributed by atoms with van der Waals surface area (Å²) in [4.78, 5) is 26.2. The van der Waals surface area contributed by atoms with Crippen LogP contribution in [0.15, 0.2) is 30.3 Å². The van der Waals surface area contributed by atoms with Gasteiger partial charge in [0.05, 0.1) is 0 Å². The average molecular weight is 248 g/mol. The lowest BCUT2D eigenvalue weighted by Crippen LogP contribution is -2.53. The summed E-state index contributed by atoms with van der Waals surface area (Å²) in [6.45, 7) is 1.85. The van der Waals surface area contributed by atoms with Gasteiger partial charge in [-0.3, -0.25) is 9.59 Å². The van der Waals surface area contributed by atoms with E-state index in [2.05, 4.69) is 5.32 Å². The van der Waals surface area contributed by atoms with Crippen LogP contribution < -0.4 is 5.32 Å². The van der Waals surface area contributed by atoms with E-state index in [0.29, 0.717) is 6.42 Å². The third kappa shape index (κ3) is 2.23. The van der Waals surface area contributed by atoms with E-state index in [1.807, 2.05) is 37.3 Å². The molecule has 0 aliphatic carbocycles. The Hall–Kier alpha value is -1.84. The van der Waals surface area contributed by atoms with Crippen LogP contribution in [0.4, 0.5) is 0 Å². The Kier molecular flexibility index (Phi) is 4.48. The van der Waals surface area contributed by atoms with Gasteiger partial charge in [-0.2, -0.15) is 0 Å². The van der Waals surface area contributed by atoms with Gasteiger partial charge in [0.2, 0.25) is 11.8 Å². The van der Waals surface area contributed by atoms with Crippen molar-refractivity contribution in [2.24, 2.45) is 0 Å². The molecule has 0 spiro atoms. The molecule has 0 aliphatic rings. The molecule has 1 atom stereocenters. The summed E-state index contributed by atoms with van der Waals surface area (Å²) in [6, 6.07) is 9.19. The summed E-state index contributed by atoms with van der Waals surface area (Å²) < 4.78 is 0. The Bertz CT molecular complexity index is 429. The molecule has 0 heterocycles. The van der Waals surface area contributed by atoms with Gasteiger partial charge in [0, 0.05) is 21.1 Å². The van der Waals surface area contributed by atoms with Gasteiger partial charge in [0.15, 0.2) is 5.41 Å². The van der Waals surface area contributed by atoms with Crippen LogP contribution in [0.5, 0.6) is 0 Å². The first-order valence-electron chi connectivity index (χ1n) is 6.00. The molecule has 0 fully saturated rings. The molecular weight excluding hydrogens is 228 g/mol. The lowest BCUT2D eigenvalue weighted by atomic mass is 9.76. The van der Waals surface area contributed by atoms with Crippen LogP contribution >= 0.6 is 0 Å². The molecule has 2 amide bonds. The highest BCUT2D eigenvalue weighted by Gasteiger charge is 2.46. The van der Waals surface area contributed by atoms with E-state index in [1.165, 1.54) is 4.90 Å². The van der Waals surface area contributed by atoms with E-state index in [4.69, 9.17) is 0 Å². The number of hydrogen-bond acceptors (Lipinski definition) is 2. The lowest BCUT2D eigenvalue weighted by Gasteiger charge is -2.32. The third-order valence-corrected chi connectivity index (χ3v) is 3.18. The molecule has 98 valence electrons. The number of benzene rings is 1. The fourth-order valence-electron chi connectivity index (χ4n) is 2.19. The van der Waals surface area contributed by atoms with E-state index in [0.717, 1.165) is 5.56 Å². The normalized spacial score (nSPS) is 13.6. The highest BCUT2D eigenvalue weighted by molar-refractivity contribution is 6.10. The van der Waals surface area contributed by atoms with Crippen LogP contribution in [0.2, 0.25) is 0 Å². The predicted molar refractivity (Wildman–Crippen MR) is 71.2 cm³/mol. The molecule has 1 N–H and O–H groups in total. The van der Waals surface area contributed by atoms with E-state index >= 15 is 0 Å². The number of carbonyl (C=O) groups excluding carboxylic acids is 2. The van der Waals surface area contributed by atoms with Crippen molar-refractivity contribution in [3.8, 4) is 0 Å². The van der Waals surface area contributed by atoms with E-state index in [1.54, 1.807) is 21.1 Å². The van der Waals surface area contributed by atoms with Crippen molar-refractivity contribution in [1.82, 2.24) is 10.2 Å². The summed E-state index contributed by atoms with van der Waals surface area (Å²) in [5, 5.41) is 2.60. The standard InChI is InChI=1S/C14H20N2O2/c1-5-14(12(17)15-2,13(18)16(3)4)11-9-7-6-8-10-11/h6-10H,5H2,1-4H3,(H,15,17). The molecule has 1 aromatic rings. The Morgan fingerprint density at radius 2 is 1.78 bits per heavy atom. The largest absolute Gasteiger partial charge is 0.358 e. The van der Waals surface area contributed by atoms with Crippen LogP contribution in [-0.4, -0.2) is 37.9 Å². The molecule has 0 saturated carbocycles. The highest BCUT2D eigenvalue weighted by Crippen LogP contribution is 2.30. The number of carbonyl (C=O) groups is 2. The molecule has 4 heteroatoms. The Morgan fingerprint density at radius 3 is 2.17 bits per heavy atom. The average Bonchev–Trinajstić information content (AvgIpc) is 2.40. The monoisotopic (exact) mass is 248 g/mol. The first kappa shape index (κ1) is 14.2. The van der Waals surface area contributed by atoms with E-state index in [-0.39, 0.29) is 11.8 Å². The van der Waals surface area contributed by atoms with Crippen LogP contribution in [0, 0.1) is 0 Å². The molecule has 1 aromatic carbocycles. The molecule has 0 radical (unpaired) electrons. The molecule has 1 unspecified atom stereocenters. The van der Waals surface area contributed by atoms with Gasteiger partial charge in [0.1, 0.15) is 0 Å². The maximum Gasteiger partial charge on any atom is 0.242 e. The van der Waals surface area contributed by atoms with Crippen molar-refractivity contribution in [2.45, 2.75) is 18.8 Å². The third-order valence-electron chi connectivity index (χ3n) is 3.18. The Balaban J connectivity index is 3.41. The molecule has 0 aliphatic heterocycles. The summed E-state index contributed by atoms with van der Waals surface area (Å²) in [7, 11) is 4.88. The number of hydrogen-bond donors (Lipinski definition) is 1. The van der Waals surface area contributed by atoms with Crippen LogP contribution in [0.1, 0.15) is 18.9 Å². The minimum atomic E-state index is -1.14. The molecule has 0 aromatic heterocycles. The molecule has 0 saturated heterocycles. The first-order valence-corrected chi connectivity index (χ1v) is 6.00. The van der Waals surface area contributed by atoms with Crippen LogP contribution in [0.25, 0.3) is 0 Å². The number of rotatable bonds is 4. The molecule has 18 heavy (non-hydrogen) atoms. The minimum absolute atomic E-state index is 0.199. The second-order valence-electron chi connectivity index (χ2n) is 4.40. The molecule has 0 bridgehead atoms. The van der Waals surface area contributed by atoms with Crippen molar-refractivity contribution in [3.63, 3.8) is 0 Å². The highest BCUT2D eigenvalue weighted by atomic mass is 16.2. The number of nitrogens with one attached hydrogen (secondary N) is 1. The number of likely N-dealkylation sites (N-methyl/N-ethyl adjacent to an activating group) is 2. The molecule has 1 rings (SSSR count). The summed E-state index contributed by atoms with van der Waals surface area (Å²) in [5.74, 6) is -0.467. The lowest BCUT2D eigenvalue weighted by molar-refractivity contribution is -0.143. The van der Waals surface area contributed by atoms with Gasteiger partial charge in [-0.25, -0.2) is 0 Å². The van der Waals surface area contributed by atoms with Crippen LogP contribution in [-0.2, 0) is 15.0 Å². The van der Waals surface area contributed by atoms with E-state index in [9.17, 15) is 9.59 Å². The summed E-state index contributed by atoms with van der Waals surface area (Å²) in [6.07, 6.45) is 0.424. The summed E-state index contributed by atoms with van der Waals surface area (Å²) in [5.41, 5.74) is -0.412. The van der Waals surface area contributed by atoms with Gasteiger partial charge < -0.3 is 10.2 Å². The second kappa shape index (κ2) is 5.67. The molecular formula is C14H20N2O2. The Labute approximate surface area is 108 Å². The van der Waals surface area contributed by atoms with Gasteiger partial charge in [-0.15, -0.1) is 0 Å². The zero-order valence-corrected chi connectivity index (χ0v) is 11.4. The first-order chi connectivity index (χ1) is 8.50. The van der Waals surface area contributed by atoms with Crippen molar-refractivity contribution < 1.29 is 9.59 Å². The summed E-state index contributed by atoms with van der Waals surface area (Å²) >= 11 is 0. The fourth-order valence-corrected chi connectivity index (χ4v) is 2.19. The van der Waals surface area contributed by atoms with Crippen molar-refractivity contribution in [1.29, 1.82) is 0 Å². The van der Waals surface area contributed by atoms with Crippen molar-refractivity contribution in [2.75, 3.05) is 21.1 Å². The van der Waals surface area contributed by atoms with Gasteiger partial charge in [-0.05, 0) is 12.0 Å². The smallest absolute Gasteiger partial charge is 0.242 e.